The van der Waals surface area contributed by atoms with Gasteiger partial charge in [0.05, 0.1) is 12.7 Å². The van der Waals surface area contributed by atoms with E-state index in [1.807, 2.05) is 6.07 Å². The van der Waals surface area contributed by atoms with Gasteiger partial charge in [0.2, 0.25) is 0 Å². The van der Waals surface area contributed by atoms with Gasteiger partial charge in [-0.25, -0.2) is 4.79 Å². The van der Waals surface area contributed by atoms with Crippen molar-refractivity contribution in [2.24, 2.45) is 5.92 Å². The van der Waals surface area contributed by atoms with Gasteiger partial charge in [0.15, 0.2) is 12.6 Å². The molecule has 1 aromatic rings. The fourth-order valence-corrected chi connectivity index (χ4v) is 2.52. The zero-order valence-electron chi connectivity index (χ0n) is 12.4. The molecule has 6 heteroatoms. The van der Waals surface area contributed by atoms with E-state index in [4.69, 9.17) is 9.47 Å². The van der Waals surface area contributed by atoms with E-state index in [0.29, 0.717) is 17.8 Å². The first-order chi connectivity index (χ1) is 10.1. The molecule has 0 unspecified atom stereocenters. The number of carbonyl (C=O) groups is 2. The third-order valence-corrected chi connectivity index (χ3v) is 3.69. The number of esters is 1. The van der Waals surface area contributed by atoms with Crippen LogP contribution in [0.25, 0.3) is 0 Å². The van der Waals surface area contributed by atoms with Gasteiger partial charge in [-0.1, -0.05) is 0 Å². The molecule has 1 aromatic carbocycles. The number of aldehydes is 1. The number of rotatable bonds is 6. The van der Waals surface area contributed by atoms with Crippen molar-refractivity contribution >= 4 is 17.9 Å². The van der Waals surface area contributed by atoms with Crippen molar-refractivity contribution in [1.29, 1.82) is 0 Å². The SMILES string of the molecule is COC(=O)c1ccc(N2CC(C(OC)OC)C2)cc1C=O. The number of nitrogens with zero attached hydrogens (tertiary/aromatic N) is 1. The van der Waals surface area contributed by atoms with Crippen molar-refractivity contribution in [3.63, 3.8) is 0 Å². The summed E-state index contributed by atoms with van der Waals surface area (Å²) in [5, 5.41) is 0. The molecule has 0 radical (unpaired) electrons. The summed E-state index contributed by atoms with van der Waals surface area (Å²) in [6.07, 6.45) is 0.446. The summed E-state index contributed by atoms with van der Waals surface area (Å²) in [4.78, 5) is 24.8. The second-order valence-corrected chi connectivity index (χ2v) is 4.89. The van der Waals surface area contributed by atoms with Gasteiger partial charge in [-0.15, -0.1) is 0 Å². The van der Waals surface area contributed by atoms with E-state index in [9.17, 15) is 9.59 Å². The van der Waals surface area contributed by atoms with Crippen LogP contribution in [0.2, 0.25) is 0 Å². The first-order valence-electron chi connectivity index (χ1n) is 6.62. The summed E-state index contributed by atoms with van der Waals surface area (Å²) in [7, 11) is 4.53. The van der Waals surface area contributed by atoms with Gasteiger partial charge >= 0.3 is 5.97 Å². The Morgan fingerprint density at radius 3 is 2.48 bits per heavy atom. The van der Waals surface area contributed by atoms with Crippen molar-refractivity contribution in [3.8, 4) is 0 Å². The highest BCUT2D eigenvalue weighted by atomic mass is 16.7. The van der Waals surface area contributed by atoms with Gasteiger partial charge in [0.25, 0.3) is 0 Å². The Balaban J connectivity index is 2.10. The summed E-state index contributed by atoms with van der Waals surface area (Å²) in [6.45, 7) is 1.56. The highest BCUT2D eigenvalue weighted by Gasteiger charge is 2.34. The van der Waals surface area contributed by atoms with Crippen LogP contribution in [0, 0.1) is 5.92 Å². The molecule has 1 aliphatic heterocycles. The molecule has 114 valence electrons. The summed E-state index contributed by atoms with van der Waals surface area (Å²) in [6, 6.07) is 5.12. The lowest BCUT2D eigenvalue weighted by Gasteiger charge is -2.43. The smallest absolute Gasteiger partial charge is 0.338 e. The van der Waals surface area contributed by atoms with Crippen LogP contribution in [-0.2, 0) is 14.2 Å². The average molecular weight is 293 g/mol. The average Bonchev–Trinajstić information content (AvgIpc) is 2.49. The Labute approximate surface area is 123 Å². The van der Waals surface area contributed by atoms with E-state index in [-0.39, 0.29) is 11.9 Å². The van der Waals surface area contributed by atoms with Gasteiger partial charge < -0.3 is 19.1 Å². The molecule has 1 aliphatic rings. The quantitative estimate of drug-likeness (QED) is 0.448. The number of ether oxygens (including phenoxy) is 3. The molecule has 1 heterocycles. The first kappa shape index (κ1) is 15.5. The molecule has 0 saturated carbocycles. The van der Waals surface area contributed by atoms with Crippen molar-refractivity contribution in [2.45, 2.75) is 6.29 Å². The molecule has 0 amide bonds. The fourth-order valence-electron chi connectivity index (χ4n) is 2.52. The molecule has 0 aromatic heterocycles. The fraction of sp³-hybridized carbons (Fsp3) is 0.467. The van der Waals surface area contributed by atoms with Crippen LogP contribution < -0.4 is 4.90 Å². The van der Waals surface area contributed by atoms with E-state index in [1.54, 1.807) is 26.4 Å². The van der Waals surface area contributed by atoms with Crippen LogP contribution in [0.15, 0.2) is 18.2 Å². The number of methoxy groups -OCH3 is 3. The zero-order valence-corrected chi connectivity index (χ0v) is 12.4. The number of hydrogen-bond acceptors (Lipinski definition) is 6. The molecule has 2 rings (SSSR count). The highest BCUT2D eigenvalue weighted by Crippen LogP contribution is 2.29. The molecule has 1 fully saturated rings. The van der Waals surface area contributed by atoms with Crippen molar-refractivity contribution < 1.29 is 23.8 Å². The third-order valence-electron chi connectivity index (χ3n) is 3.69. The predicted octanol–water partition coefficient (Wildman–Crippen LogP) is 1.34. The van der Waals surface area contributed by atoms with E-state index < -0.39 is 5.97 Å². The predicted molar refractivity (Wildman–Crippen MR) is 76.7 cm³/mol. The lowest BCUT2D eigenvalue weighted by Crippen LogP contribution is -2.53. The van der Waals surface area contributed by atoms with Gasteiger partial charge in [0, 0.05) is 44.5 Å². The second kappa shape index (κ2) is 6.69. The maximum absolute atomic E-state index is 11.5. The molecule has 6 nitrogen and oxygen atoms in total. The summed E-state index contributed by atoms with van der Waals surface area (Å²) in [5.41, 5.74) is 1.50. The third kappa shape index (κ3) is 3.06. The molecular formula is C15H19NO5. The van der Waals surface area contributed by atoms with Gasteiger partial charge in [-0.3, -0.25) is 4.79 Å². The van der Waals surface area contributed by atoms with Gasteiger partial charge in [-0.2, -0.15) is 0 Å². The minimum atomic E-state index is -0.510. The summed E-state index contributed by atoms with van der Waals surface area (Å²) < 4.78 is 15.1. The van der Waals surface area contributed by atoms with E-state index in [2.05, 4.69) is 9.64 Å². The summed E-state index contributed by atoms with van der Waals surface area (Å²) >= 11 is 0. The van der Waals surface area contributed by atoms with Crippen molar-refractivity contribution in [2.75, 3.05) is 39.3 Å². The molecule has 0 aliphatic carbocycles. The monoisotopic (exact) mass is 293 g/mol. The molecule has 0 N–H and O–H groups in total. The number of benzene rings is 1. The van der Waals surface area contributed by atoms with Crippen LogP contribution >= 0.6 is 0 Å². The lowest BCUT2D eigenvalue weighted by atomic mass is 9.97. The van der Waals surface area contributed by atoms with Crippen LogP contribution in [-0.4, -0.2) is 53.0 Å². The van der Waals surface area contributed by atoms with Gasteiger partial charge in [0.1, 0.15) is 0 Å². The molecule has 0 spiro atoms. The maximum atomic E-state index is 11.5. The van der Waals surface area contributed by atoms with E-state index >= 15 is 0 Å². The first-order valence-corrected chi connectivity index (χ1v) is 6.62. The molecule has 1 saturated heterocycles. The van der Waals surface area contributed by atoms with Crippen molar-refractivity contribution in [3.05, 3.63) is 29.3 Å². The Hall–Kier alpha value is -1.92. The van der Waals surface area contributed by atoms with Crippen LogP contribution in [0.5, 0.6) is 0 Å². The Morgan fingerprint density at radius 2 is 1.95 bits per heavy atom. The van der Waals surface area contributed by atoms with E-state index in [1.165, 1.54) is 7.11 Å². The zero-order chi connectivity index (χ0) is 15.4. The van der Waals surface area contributed by atoms with Gasteiger partial charge in [-0.05, 0) is 18.2 Å². The normalized spacial score (nSPS) is 15.0. The number of anilines is 1. The second-order valence-electron chi connectivity index (χ2n) is 4.89. The largest absolute Gasteiger partial charge is 0.465 e. The number of carbonyl (C=O) groups excluding carboxylic acids is 2. The number of hydrogen-bond donors (Lipinski definition) is 0. The minimum absolute atomic E-state index is 0.221. The topological polar surface area (TPSA) is 65.1 Å². The molecule has 0 bridgehead atoms. The van der Waals surface area contributed by atoms with E-state index in [0.717, 1.165) is 18.8 Å². The molecular weight excluding hydrogens is 274 g/mol. The van der Waals surface area contributed by atoms with Crippen molar-refractivity contribution in [1.82, 2.24) is 0 Å². The Bertz CT molecular complexity index is 521. The molecule has 0 atom stereocenters. The van der Waals surface area contributed by atoms with Crippen LogP contribution in [0.4, 0.5) is 5.69 Å². The standard InChI is InChI=1S/C15H19NO5/c1-19-14(18)13-5-4-12(6-10(13)9-17)16-7-11(8-16)15(20-2)21-3/h4-6,9,11,15H,7-8H2,1-3H3. The summed E-state index contributed by atoms with van der Waals surface area (Å²) in [5.74, 6) is -0.219. The Kier molecular flexibility index (Phi) is 4.93. The van der Waals surface area contributed by atoms with Crippen LogP contribution in [0.3, 0.4) is 0 Å². The Morgan fingerprint density at radius 1 is 1.29 bits per heavy atom. The maximum Gasteiger partial charge on any atom is 0.338 e. The minimum Gasteiger partial charge on any atom is -0.465 e. The highest BCUT2D eigenvalue weighted by molar-refractivity contribution is 5.99. The lowest BCUT2D eigenvalue weighted by molar-refractivity contribution is -0.142. The molecule has 21 heavy (non-hydrogen) atoms. The van der Waals surface area contributed by atoms with Crippen LogP contribution in [0.1, 0.15) is 20.7 Å².